The molecule has 106 valence electrons. The van der Waals surface area contributed by atoms with E-state index in [1.807, 2.05) is 13.8 Å². The van der Waals surface area contributed by atoms with Crippen LogP contribution in [0.3, 0.4) is 0 Å². The van der Waals surface area contributed by atoms with Crippen LogP contribution in [0.15, 0.2) is 22.0 Å². The van der Waals surface area contributed by atoms with Gasteiger partial charge in [-0.25, -0.2) is 14.8 Å². The van der Waals surface area contributed by atoms with Crippen molar-refractivity contribution in [1.82, 2.24) is 15.1 Å². The Morgan fingerprint density at radius 1 is 1.45 bits per heavy atom. The van der Waals surface area contributed by atoms with Crippen LogP contribution < -0.4 is 0 Å². The molecule has 2 rings (SSSR count). The van der Waals surface area contributed by atoms with Crippen LogP contribution in [0.4, 0.5) is 0 Å². The molecule has 2 aromatic heterocycles. The molecule has 0 aliphatic carbocycles. The van der Waals surface area contributed by atoms with Gasteiger partial charge < -0.3 is 9.63 Å². The highest BCUT2D eigenvalue weighted by molar-refractivity contribution is 7.98. The number of hydrogen-bond donors (Lipinski definition) is 1. The van der Waals surface area contributed by atoms with Gasteiger partial charge in [-0.2, -0.15) is 0 Å². The second kappa shape index (κ2) is 6.04. The maximum atomic E-state index is 11.4. The monoisotopic (exact) mass is 293 g/mol. The molecule has 0 atom stereocenters. The van der Waals surface area contributed by atoms with Gasteiger partial charge in [0.1, 0.15) is 22.7 Å². The lowest BCUT2D eigenvalue weighted by Crippen LogP contribution is -2.10. The molecule has 6 nitrogen and oxygen atoms in total. The van der Waals surface area contributed by atoms with Gasteiger partial charge in [0.05, 0.1) is 11.9 Å². The van der Waals surface area contributed by atoms with Crippen molar-refractivity contribution in [2.75, 3.05) is 0 Å². The van der Waals surface area contributed by atoms with Crippen molar-refractivity contribution in [2.24, 2.45) is 0 Å². The van der Waals surface area contributed by atoms with Crippen LogP contribution in [0.5, 0.6) is 0 Å². The zero-order chi connectivity index (χ0) is 14.7. The molecular weight excluding hydrogens is 278 g/mol. The molecule has 0 radical (unpaired) electrons. The fourth-order valence-electron chi connectivity index (χ4n) is 1.63. The number of carboxylic acid groups (broad SMARTS) is 1. The summed E-state index contributed by atoms with van der Waals surface area (Å²) in [5, 5.41) is 13.4. The summed E-state index contributed by atoms with van der Waals surface area (Å²) in [6, 6.07) is 0. The molecule has 1 N–H and O–H groups in total. The molecule has 0 fully saturated rings. The average molecular weight is 293 g/mol. The van der Waals surface area contributed by atoms with Crippen molar-refractivity contribution in [3.63, 3.8) is 0 Å². The molecule has 0 unspecified atom stereocenters. The highest BCUT2D eigenvalue weighted by Gasteiger charge is 2.19. The summed E-state index contributed by atoms with van der Waals surface area (Å²) >= 11 is 1.35. The minimum absolute atomic E-state index is 0.145. The van der Waals surface area contributed by atoms with Crippen molar-refractivity contribution >= 4 is 17.7 Å². The first kappa shape index (κ1) is 14.5. The third-order valence-corrected chi connectivity index (χ3v) is 3.71. The molecule has 2 aromatic rings. The van der Waals surface area contributed by atoms with Crippen LogP contribution in [0, 0.1) is 6.92 Å². The first-order chi connectivity index (χ1) is 9.49. The number of rotatable bonds is 5. The van der Waals surface area contributed by atoms with Crippen LogP contribution in [-0.4, -0.2) is 26.2 Å². The van der Waals surface area contributed by atoms with Gasteiger partial charge in [0.2, 0.25) is 0 Å². The number of aryl methyl sites for hydroxylation is 1. The number of nitrogens with zero attached hydrogens (tertiary/aromatic N) is 3. The standard InChI is InChI=1S/C13H15N3O3S/c1-7(2)11-15-8(3)10(13(17)18)12(16-11)20-6-9-4-14-19-5-9/h4-5,7H,6H2,1-3H3,(H,17,18). The van der Waals surface area contributed by atoms with E-state index in [2.05, 4.69) is 15.1 Å². The first-order valence-electron chi connectivity index (χ1n) is 6.12. The van der Waals surface area contributed by atoms with Gasteiger partial charge in [-0.3, -0.25) is 0 Å². The molecule has 0 aromatic carbocycles. The minimum atomic E-state index is -1.01. The van der Waals surface area contributed by atoms with Crippen molar-refractivity contribution in [3.05, 3.63) is 35.1 Å². The van der Waals surface area contributed by atoms with Crippen LogP contribution in [0.25, 0.3) is 0 Å². The Morgan fingerprint density at radius 2 is 2.20 bits per heavy atom. The first-order valence-corrected chi connectivity index (χ1v) is 7.10. The van der Waals surface area contributed by atoms with E-state index in [0.717, 1.165) is 5.56 Å². The summed E-state index contributed by atoms with van der Waals surface area (Å²) in [7, 11) is 0. The SMILES string of the molecule is Cc1nc(C(C)C)nc(SCc2cnoc2)c1C(=O)O. The van der Waals surface area contributed by atoms with Crippen molar-refractivity contribution in [2.45, 2.75) is 37.5 Å². The normalized spacial score (nSPS) is 11.0. The highest BCUT2D eigenvalue weighted by Crippen LogP contribution is 2.27. The molecule has 20 heavy (non-hydrogen) atoms. The van der Waals surface area contributed by atoms with Gasteiger partial charge in [-0.05, 0) is 6.92 Å². The summed E-state index contributed by atoms with van der Waals surface area (Å²) in [4.78, 5) is 20.0. The smallest absolute Gasteiger partial charge is 0.340 e. The predicted molar refractivity (Wildman–Crippen MR) is 73.9 cm³/mol. The Morgan fingerprint density at radius 3 is 2.75 bits per heavy atom. The molecule has 0 spiro atoms. The number of aromatic nitrogens is 3. The van der Waals surface area contributed by atoms with Crippen LogP contribution >= 0.6 is 11.8 Å². The lowest BCUT2D eigenvalue weighted by molar-refractivity contribution is 0.0690. The molecule has 0 amide bonds. The molecule has 0 aliphatic heterocycles. The van der Waals surface area contributed by atoms with Crippen LogP contribution in [-0.2, 0) is 5.75 Å². The van der Waals surface area contributed by atoms with E-state index in [-0.39, 0.29) is 11.5 Å². The van der Waals surface area contributed by atoms with Gasteiger partial charge >= 0.3 is 5.97 Å². The molecule has 0 saturated carbocycles. The van der Waals surface area contributed by atoms with Crippen molar-refractivity contribution in [3.8, 4) is 0 Å². The van der Waals surface area contributed by atoms with Crippen LogP contribution in [0.2, 0.25) is 0 Å². The Labute approximate surface area is 120 Å². The number of aromatic carboxylic acids is 1. The number of carboxylic acids is 1. The molecule has 0 bridgehead atoms. The lowest BCUT2D eigenvalue weighted by Gasteiger charge is -2.11. The Balaban J connectivity index is 2.34. The lowest BCUT2D eigenvalue weighted by atomic mass is 10.2. The largest absolute Gasteiger partial charge is 0.478 e. The molecule has 7 heteroatoms. The van der Waals surface area contributed by atoms with Gasteiger partial charge in [0.25, 0.3) is 0 Å². The number of hydrogen-bond acceptors (Lipinski definition) is 6. The second-order valence-corrected chi connectivity index (χ2v) is 5.59. The second-order valence-electron chi connectivity index (χ2n) is 4.63. The van der Waals surface area contributed by atoms with Crippen LogP contribution in [0.1, 0.15) is 47.2 Å². The maximum absolute atomic E-state index is 11.4. The number of thioether (sulfide) groups is 1. The summed E-state index contributed by atoms with van der Waals surface area (Å²) < 4.78 is 4.75. The summed E-state index contributed by atoms with van der Waals surface area (Å²) in [6.07, 6.45) is 3.13. The quantitative estimate of drug-likeness (QED) is 0.669. The summed E-state index contributed by atoms with van der Waals surface area (Å²) in [6.45, 7) is 5.65. The van der Waals surface area contributed by atoms with E-state index in [1.165, 1.54) is 18.0 Å². The summed E-state index contributed by atoms with van der Waals surface area (Å²) in [5.74, 6) is 0.343. The number of carbonyl (C=O) groups is 1. The third-order valence-electron chi connectivity index (χ3n) is 2.66. The van der Waals surface area contributed by atoms with E-state index in [0.29, 0.717) is 22.3 Å². The van der Waals surface area contributed by atoms with Crippen molar-refractivity contribution in [1.29, 1.82) is 0 Å². The average Bonchev–Trinajstić information content (AvgIpc) is 2.88. The predicted octanol–water partition coefficient (Wildman–Crippen LogP) is 2.89. The van der Waals surface area contributed by atoms with E-state index >= 15 is 0 Å². The van der Waals surface area contributed by atoms with E-state index < -0.39 is 5.97 Å². The minimum Gasteiger partial charge on any atom is -0.478 e. The Hall–Kier alpha value is -1.89. The molecular formula is C13H15N3O3S. The molecule has 0 aliphatic rings. The van der Waals surface area contributed by atoms with Gasteiger partial charge in [-0.1, -0.05) is 19.0 Å². The highest BCUT2D eigenvalue weighted by atomic mass is 32.2. The van der Waals surface area contributed by atoms with E-state index in [1.54, 1.807) is 13.1 Å². The fraction of sp³-hybridized carbons (Fsp3) is 0.385. The fourth-order valence-corrected chi connectivity index (χ4v) is 2.61. The van der Waals surface area contributed by atoms with E-state index in [9.17, 15) is 9.90 Å². The molecule has 0 saturated heterocycles. The zero-order valence-electron chi connectivity index (χ0n) is 11.5. The van der Waals surface area contributed by atoms with E-state index in [4.69, 9.17) is 4.52 Å². The topological polar surface area (TPSA) is 89.1 Å². The Bertz CT molecular complexity index is 612. The van der Waals surface area contributed by atoms with Crippen molar-refractivity contribution < 1.29 is 14.4 Å². The zero-order valence-corrected chi connectivity index (χ0v) is 12.3. The maximum Gasteiger partial charge on any atom is 0.340 e. The molecule has 2 heterocycles. The Kier molecular flexibility index (Phi) is 4.39. The van der Waals surface area contributed by atoms with Gasteiger partial charge in [0.15, 0.2) is 0 Å². The third kappa shape index (κ3) is 3.16. The van der Waals surface area contributed by atoms with Gasteiger partial charge in [-0.15, -0.1) is 11.8 Å². The summed E-state index contributed by atoms with van der Waals surface area (Å²) in [5.41, 5.74) is 1.54. The van der Waals surface area contributed by atoms with Gasteiger partial charge in [0, 0.05) is 17.2 Å².